The van der Waals surface area contributed by atoms with Gasteiger partial charge >= 0.3 is 0 Å². The highest BCUT2D eigenvalue weighted by Gasteiger charge is 2.26. The molecule has 0 aromatic heterocycles. The Morgan fingerprint density at radius 1 is 0.906 bits per heavy atom. The third kappa shape index (κ3) is 5.85. The van der Waals surface area contributed by atoms with E-state index >= 15 is 0 Å². The summed E-state index contributed by atoms with van der Waals surface area (Å²) in [6, 6.07) is 28.0. The highest BCUT2D eigenvalue weighted by atomic mass is 32.2. The van der Waals surface area contributed by atoms with Crippen molar-refractivity contribution in [3.63, 3.8) is 0 Å². The zero-order valence-electron chi connectivity index (χ0n) is 18.6. The summed E-state index contributed by atoms with van der Waals surface area (Å²) in [5.41, 5.74) is 3.64. The first-order valence-corrected chi connectivity index (χ1v) is 12.7. The van der Waals surface area contributed by atoms with Gasteiger partial charge in [0.05, 0.1) is 11.5 Å². The molecular formula is C27H31NO3S. The molecule has 5 heteroatoms. The van der Waals surface area contributed by atoms with Crippen molar-refractivity contribution in [2.24, 2.45) is 5.92 Å². The molecule has 1 saturated heterocycles. The number of rotatable bonds is 8. The Bertz CT molecular complexity index is 1040. The summed E-state index contributed by atoms with van der Waals surface area (Å²) in [6.07, 6.45) is 2.04. The molecule has 0 N–H and O–H groups in total. The molecule has 3 aromatic carbocycles. The molecule has 4 rings (SSSR count). The van der Waals surface area contributed by atoms with Gasteiger partial charge in [0.1, 0.15) is 0 Å². The monoisotopic (exact) mass is 449 g/mol. The van der Waals surface area contributed by atoms with E-state index in [0.717, 1.165) is 38.0 Å². The van der Waals surface area contributed by atoms with E-state index in [1.54, 1.807) is 24.3 Å². The van der Waals surface area contributed by atoms with E-state index in [9.17, 15) is 8.42 Å². The zero-order chi connectivity index (χ0) is 22.4. The van der Waals surface area contributed by atoms with Crippen LogP contribution in [0.25, 0.3) is 0 Å². The molecule has 0 aliphatic carbocycles. The second kappa shape index (κ2) is 10.4. The lowest BCUT2D eigenvalue weighted by Gasteiger charge is -2.35. The van der Waals surface area contributed by atoms with E-state index in [2.05, 4.69) is 53.4 Å². The minimum atomic E-state index is -3.72. The summed E-state index contributed by atoms with van der Waals surface area (Å²) in [6.45, 7) is 4.95. The Labute approximate surface area is 192 Å². The number of hydrogen-bond acceptors (Lipinski definition) is 4. The second-order valence-electron chi connectivity index (χ2n) is 8.69. The second-order valence-corrected chi connectivity index (χ2v) is 10.3. The number of aryl methyl sites for hydroxylation is 1. The highest BCUT2D eigenvalue weighted by Crippen LogP contribution is 2.28. The fourth-order valence-electron chi connectivity index (χ4n) is 4.44. The maximum atomic E-state index is 12.6. The van der Waals surface area contributed by atoms with E-state index in [-0.39, 0.29) is 23.3 Å². The minimum absolute atomic E-state index is 0.205. The van der Waals surface area contributed by atoms with E-state index < -0.39 is 10.1 Å². The van der Waals surface area contributed by atoms with Gasteiger partial charge in [0, 0.05) is 19.0 Å². The largest absolute Gasteiger partial charge is 0.302 e. The van der Waals surface area contributed by atoms with Crippen LogP contribution in [-0.2, 0) is 14.3 Å². The van der Waals surface area contributed by atoms with Crippen molar-refractivity contribution < 1.29 is 12.6 Å². The summed E-state index contributed by atoms with van der Waals surface area (Å²) in [4.78, 5) is 2.68. The van der Waals surface area contributed by atoms with Gasteiger partial charge in [0.2, 0.25) is 0 Å². The van der Waals surface area contributed by atoms with Crippen molar-refractivity contribution in [3.8, 4) is 0 Å². The third-order valence-corrected chi connectivity index (χ3v) is 7.51. The summed E-state index contributed by atoms with van der Waals surface area (Å²) >= 11 is 0. The normalized spacial score (nSPS) is 17.5. The smallest absolute Gasteiger partial charge is 0.296 e. The maximum Gasteiger partial charge on any atom is 0.296 e. The first kappa shape index (κ1) is 22.7. The van der Waals surface area contributed by atoms with Gasteiger partial charge in [0.25, 0.3) is 10.1 Å². The van der Waals surface area contributed by atoms with Crippen LogP contribution in [0.2, 0.25) is 0 Å². The van der Waals surface area contributed by atoms with E-state index in [1.165, 1.54) is 11.1 Å². The first-order chi connectivity index (χ1) is 15.5. The van der Waals surface area contributed by atoms with Crippen molar-refractivity contribution in [3.05, 3.63) is 102 Å². The molecule has 32 heavy (non-hydrogen) atoms. The van der Waals surface area contributed by atoms with Gasteiger partial charge in [-0.25, -0.2) is 0 Å². The lowest BCUT2D eigenvalue weighted by atomic mass is 9.89. The molecule has 0 radical (unpaired) electrons. The number of benzene rings is 3. The van der Waals surface area contributed by atoms with Crippen LogP contribution in [-0.4, -0.2) is 39.6 Å². The number of nitrogens with zero attached hydrogens (tertiary/aromatic N) is 1. The van der Waals surface area contributed by atoms with Crippen molar-refractivity contribution in [1.82, 2.24) is 4.90 Å². The predicted molar refractivity (Wildman–Crippen MR) is 128 cm³/mol. The Kier molecular flexibility index (Phi) is 7.40. The van der Waals surface area contributed by atoms with Crippen molar-refractivity contribution >= 4 is 10.1 Å². The van der Waals surface area contributed by atoms with Crippen LogP contribution in [0.3, 0.4) is 0 Å². The summed E-state index contributed by atoms with van der Waals surface area (Å²) in [7, 11) is -3.72. The number of likely N-dealkylation sites (tertiary alicyclic amines) is 1. The molecule has 0 amide bonds. The Balaban J connectivity index is 1.41. The molecule has 3 aromatic rings. The molecule has 0 spiro atoms. The molecule has 0 bridgehead atoms. The molecule has 168 valence electrons. The quantitative estimate of drug-likeness (QED) is 0.441. The molecule has 1 heterocycles. The molecular weight excluding hydrogens is 418 g/mol. The van der Waals surface area contributed by atoms with Crippen molar-refractivity contribution in [2.75, 3.05) is 26.2 Å². The van der Waals surface area contributed by atoms with E-state index in [1.807, 2.05) is 19.1 Å². The highest BCUT2D eigenvalue weighted by molar-refractivity contribution is 7.86. The van der Waals surface area contributed by atoms with Gasteiger partial charge in [-0.15, -0.1) is 0 Å². The summed E-state index contributed by atoms with van der Waals surface area (Å²) in [5, 5.41) is 0. The molecule has 1 atom stereocenters. The Hall–Kier alpha value is -2.47. The Morgan fingerprint density at radius 3 is 2.09 bits per heavy atom. The van der Waals surface area contributed by atoms with Crippen LogP contribution < -0.4 is 0 Å². The van der Waals surface area contributed by atoms with Gasteiger partial charge in [-0.2, -0.15) is 8.42 Å². The average Bonchev–Trinajstić information content (AvgIpc) is 2.83. The van der Waals surface area contributed by atoms with E-state index in [4.69, 9.17) is 4.18 Å². The molecule has 1 aliphatic heterocycles. The minimum Gasteiger partial charge on any atom is -0.302 e. The first-order valence-electron chi connectivity index (χ1n) is 11.3. The predicted octanol–water partition coefficient (Wildman–Crippen LogP) is 5.24. The van der Waals surface area contributed by atoms with E-state index in [0.29, 0.717) is 0 Å². The molecule has 1 fully saturated rings. The SMILES string of the molecule is Cc1ccc(S(=O)(=O)OCC2CCCN(CC(c3ccccc3)c3ccccc3)C2)cc1. The fraction of sp³-hybridized carbons (Fsp3) is 0.333. The molecule has 4 nitrogen and oxygen atoms in total. The van der Waals surface area contributed by atoms with Gasteiger partial charge in [0.15, 0.2) is 0 Å². The number of piperidine rings is 1. The maximum absolute atomic E-state index is 12.6. The van der Waals surface area contributed by atoms with Crippen molar-refractivity contribution in [1.29, 1.82) is 0 Å². The fourth-order valence-corrected chi connectivity index (χ4v) is 5.42. The van der Waals surface area contributed by atoms with Gasteiger partial charge in [-0.1, -0.05) is 78.4 Å². The van der Waals surface area contributed by atoms with Crippen LogP contribution in [0.4, 0.5) is 0 Å². The van der Waals surface area contributed by atoms with Gasteiger partial charge in [-0.05, 0) is 55.5 Å². The zero-order valence-corrected chi connectivity index (χ0v) is 19.4. The van der Waals surface area contributed by atoms with Crippen LogP contribution >= 0.6 is 0 Å². The lowest BCUT2D eigenvalue weighted by molar-refractivity contribution is 0.130. The van der Waals surface area contributed by atoms with Crippen molar-refractivity contribution in [2.45, 2.75) is 30.6 Å². The van der Waals surface area contributed by atoms with Gasteiger partial charge in [-0.3, -0.25) is 4.18 Å². The average molecular weight is 450 g/mol. The Morgan fingerprint density at radius 2 is 1.50 bits per heavy atom. The molecule has 1 aliphatic rings. The van der Waals surface area contributed by atoms with Crippen LogP contribution in [0.15, 0.2) is 89.8 Å². The third-order valence-electron chi connectivity index (χ3n) is 6.22. The standard InChI is InChI=1S/C27H31NO3S/c1-22-14-16-26(17-15-22)32(29,30)31-21-23-9-8-18-28(19-23)20-27(24-10-4-2-5-11-24)25-12-6-3-7-13-25/h2-7,10-17,23,27H,8-9,18-21H2,1H3. The van der Waals surface area contributed by atoms with Crippen LogP contribution in [0.5, 0.6) is 0 Å². The van der Waals surface area contributed by atoms with Gasteiger partial charge < -0.3 is 4.90 Å². The summed E-state index contributed by atoms with van der Waals surface area (Å²) in [5.74, 6) is 0.490. The lowest BCUT2D eigenvalue weighted by Crippen LogP contribution is -2.40. The van der Waals surface area contributed by atoms with Crippen LogP contribution in [0.1, 0.15) is 35.4 Å². The molecule has 1 unspecified atom stereocenters. The molecule has 0 saturated carbocycles. The number of hydrogen-bond donors (Lipinski definition) is 0. The van der Waals surface area contributed by atoms with Crippen LogP contribution in [0, 0.1) is 12.8 Å². The summed E-state index contributed by atoms with van der Waals surface area (Å²) < 4.78 is 30.6. The topological polar surface area (TPSA) is 46.6 Å².